The normalized spacial score (nSPS) is 10.6. The number of rotatable bonds is 6. The van der Waals surface area contributed by atoms with Crippen molar-refractivity contribution in [2.24, 2.45) is 0 Å². The van der Waals surface area contributed by atoms with Crippen LogP contribution < -0.4 is 10.1 Å². The van der Waals surface area contributed by atoms with Gasteiger partial charge in [0.15, 0.2) is 0 Å². The van der Waals surface area contributed by atoms with Crippen LogP contribution in [0.4, 0.5) is 5.69 Å². The lowest BCUT2D eigenvalue weighted by Crippen LogP contribution is -2.14. The van der Waals surface area contributed by atoms with Gasteiger partial charge < -0.3 is 15.2 Å². The Balaban J connectivity index is 1.66. The summed E-state index contributed by atoms with van der Waals surface area (Å²) in [5.74, 6) is 0.603. The van der Waals surface area contributed by atoms with E-state index in [1.54, 1.807) is 18.3 Å². The summed E-state index contributed by atoms with van der Waals surface area (Å²) in [6.07, 6.45) is 2.00. The molecule has 0 unspecified atom stereocenters. The van der Waals surface area contributed by atoms with Crippen LogP contribution in [0.2, 0.25) is 0 Å². The number of aliphatic hydroxyl groups is 1. The number of fused-ring (bicyclic) bond motifs is 1. The van der Waals surface area contributed by atoms with Crippen molar-refractivity contribution >= 4 is 22.5 Å². The number of carbonyl (C=O) groups excluding carboxylic acids is 1. The topological polar surface area (TPSA) is 71.5 Å². The lowest BCUT2D eigenvalue weighted by Gasteiger charge is -2.11. The number of nitrogens with zero attached hydrogens (tertiary/aromatic N) is 1. The van der Waals surface area contributed by atoms with Gasteiger partial charge in [-0.25, -0.2) is 0 Å². The number of ether oxygens (including phenoxy) is 1. The second kappa shape index (κ2) is 7.77. The largest absolute Gasteiger partial charge is 0.491 e. The minimum Gasteiger partial charge on any atom is -0.491 e. The highest BCUT2D eigenvalue weighted by Crippen LogP contribution is 2.22. The number of pyridine rings is 1. The molecule has 1 heterocycles. The molecular formula is C20H20N2O3. The average molecular weight is 336 g/mol. The van der Waals surface area contributed by atoms with Gasteiger partial charge in [0.05, 0.1) is 18.5 Å². The van der Waals surface area contributed by atoms with E-state index in [-0.39, 0.29) is 25.5 Å². The number of amides is 1. The Kier molecular flexibility index (Phi) is 5.26. The molecule has 3 rings (SSSR count). The zero-order chi connectivity index (χ0) is 17.6. The Bertz CT molecular complexity index is 893. The number of para-hydroxylation sites is 1. The summed E-state index contributed by atoms with van der Waals surface area (Å²) in [7, 11) is 0. The fourth-order valence-electron chi connectivity index (χ4n) is 2.65. The first-order valence-corrected chi connectivity index (χ1v) is 8.13. The van der Waals surface area contributed by atoms with Gasteiger partial charge >= 0.3 is 0 Å². The summed E-state index contributed by atoms with van der Waals surface area (Å²) >= 11 is 0. The first-order valence-electron chi connectivity index (χ1n) is 8.13. The van der Waals surface area contributed by atoms with Crippen molar-refractivity contribution in [2.45, 2.75) is 13.3 Å². The van der Waals surface area contributed by atoms with Crippen molar-refractivity contribution in [2.75, 3.05) is 18.5 Å². The molecule has 0 aliphatic heterocycles. The first-order chi connectivity index (χ1) is 12.2. The standard InChI is InChI=1S/C20H20N2O3/c1-14-10-17(6-7-19(14)25-9-8-23)22-20(24)12-15-11-16-4-2-3-5-18(16)21-13-15/h2-7,10-11,13,23H,8-9,12H2,1H3,(H,22,24). The number of anilines is 1. The van der Waals surface area contributed by atoms with Crippen molar-refractivity contribution in [3.8, 4) is 5.75 Å². The van der Waals surface area contributed by atoms with Gasteiger partial charge in [0.2, 0.25) is 5.91 Å². The van der Waals surface area contributed by atoms with Crippen LogP contribution in [0.15, 0.2) is 54.7 Å². The van der Waals surface area contributed by atoms with Gasteiger partial charge in [-0.05, 0) is 48.4 Å². The van der Waals surface area contributed by atoms with Crippen molar-refractivity contribution in [1.82, 2.24) is 4.98 Å². The summed E-state index contributed by atoms with van der Waals surface area (Å²) in [5.41, 5.74) is 3.41. The van der Waals surface area contributed by atoms with E-state index in [0.717, 1.165) is 22.0 Å². The number of benzene rings is 2. The Morgan fingerprint density at radius 1 is 1.20 bits per heavy atom. The quantitative estimate of drug-likeness (QED) is 0.725. The number of carbonyl (C=O) groups is 1. The van der Waals surface area contributed by atoms with Crippen LogP contribution in [0.5, 0.6) is 5.75 Å². The van der Waals surface area contributed by atoms with E-state index in [9.17, 15) is 4.79 Å². The molecule has 0 atom stereocenters. The number of aromatic nitrogens is 1. The van der Waals surface area contributed by atoms with Crippen LogP contribution in [-0.2, 0) is 11.2 Å². The SMILES string of the molecule is Cc1cc(NC(=O)Cc2cnc3ccccc3c2)ccc1OCCO. The number of hydrogen-bond donors (Lipinski definition) is 2. The highest BCUT2D eigenvalue weighted by atomic mass is 16.5. The van der Waals surface area contributed by atoms with Gasteiger partial charge in [0.25, 0.3) is 0 Å². The molecule has 0 aliphatic rings. The predicted molar refractivity (Wildman–Crippen MR) is 97.8 cm³/mol. The van der Waals surface area contributed by atoms with E-state index in [1.165, 1.54) is 0 Å². The zero-order valence-corrected chi connectivity index (χ0v) is 14.0. The van der Waals surface area contributed by atoms with Crippen LogP contribution in [-0.4, -0.2) is 29.2 Å². The van der Waals surface area contributed by atoms with Gasteiger partial charge in [-0.3, -0.25) is 9.78 Å². The van der Waals surface area contributed by atoms with Gasteiger partial charge in [-0.1, -0.05) is 18.2 Å². The van der Waals surface area contributed by atoms with Gasteiger partial charge in [0, 0.05) is 17.3 Å². The van der Waals surface area contributed by atoms with E-state index >= 15 is 0 Å². The Hall–Kier alpha value is -2.92. The van der Waals surface area contributed by atoms with Crippen LogP contribution in [0.25, 0.3) is 10.9 Å². The highest BCUT2D eigenvalue weighted by Gasteiger charge is 2.07. The van der Waals surface area contributed by atoms with E-state index in [1.807, 2.05) is 43.3 Å². The summed E-state index contributed by atoms with van der Waals surface area (Å²) in [6.45, 7) is 2.12. The molecule has 5 heteroatoms. The second-order valence-electron chi connectivity index (χ2n) is 5.81. The average Bonchev–Trinajstić information content (AvgIpc) is 2.61. The molecular weight excluding hydrogens is 316 g/mol. The molecule has 25 heavy (non-hydrogen) atoms. The van der Waals surface area contributed by atoms with Crippen molar-refractivity contribution in [1.29, 1.82) is 0 Å². The summed E-state index contributed by atoms with van der Waals surface area (Å²) in [6, 6.07) is 15.2. The molecule has 0 fully saturated rings. The van der Waals surface area contributed by atoms with Crippen molar-refractivity contribution in [3.63, 3.8) is 0 Å². The fourth-order valence-corrected chi connectivity index (χ4v) is 2.65. The number of nitrogens with one attached hydrogen (secondary N) is 1. The van der Waals surface area contributed by atoms with Gasteiger partial charge in [-0.15, -0.1) is 0 Å². The Morgan fingerprint density at radius 2 is 2.04 bits per heavy atom. The third-order valence-corrected chi connectivity index (χ3v) is 3.82. The predicted octanol–water partition coefficient (Wildman–Crippen LogP) is 3.10. The molecule has 3 aromatic rings. The molecule has 0 saturated carbocycles. The van der Waals surface area contributed by atoms with Crippen molar-refractivity contribution < 1.29 is 14.6 Å². The molecule has 128 valence electrons. The van der Waals surface area contributed by atoms with Crippen molar-refractivity contribution in [3.05, 3.63) is 65.9 Å². The summed E-state index contributed by atoms with van der Waals surface area (Å²) < 4.78 is 5.41. The molecule has 2 aromatic carbocycles. The molecule has 0 bridgehead atoms. The maximum absolute atomic E-state index is 12.3. The van der Waals surface area contributed by atoms with E-state index < -0.39 is 0 Å². The van der Waals surface area contributed by atoms with Crippen LogP contribution in [0, 0.1) is 6.92 Å². The lowest BCUT2D eigenvalue weighted by atomic mass is 10.1. The minimum absolute atomic E-state index is 0.0300. The molecule has 0 spiro atoms. The second-order valence-corrected chi connectivity index (χ2v) is 5.81. The fraction of sp³-hybridized carbons (Fsp3) is 0.200. The van der Waals surface area contributed by atoms with Crippen LogP contribution in [0.1, 0.15) is 11.1 Å². The maximum atomic E-state index is 12.3. The van der Waals surface area contributed by atoms with Gasteiger partial charge in [-0.2, -0.15) is 0 Å². The van der Waals surface area contributed by atoms with Gasteiger partial charge in [0.1, 0.15) is 12.4 Å². The third kappa shape index (κ3) is 4.33. The molecule has 2 N–H and O–H groups in total. The van der Waals surface area contributed by atoms with Crippen LogP contribution >= 0.6 is 0 Å². The summed E-state index contributed by atoms with van der Waals surface area (Å²) in [4.78, 5) is 16.7. The van der Waals surface area contributed by atoms with E-state index in [2.05, 4.69) is 10.3 Å². The maximum Gasteiger partial charge on any atom is 0.228 e. The number of aliphatic hydroxyl groups excluding tert-OH is 1. The summed E-state index contributed by atoms with van der Waals surface area (Å²) in [5, 5.41) is 12.7. The van der Waals surface area contributed by atoms with E-state index in [4.69, 9.17) is 9.84 Å². The number of aryl methyl sites for hydroxylation is 1. The third-order valence-electron chi connectivity index (χ3n) is 3.82. The molecule has 1 amide bonds. The molecule has 5 nitrogen and oxygen atoms in total. The lowest BCUT2D eigenvalue weighted by molar-refractivity contribution is -0.115. The molecule has 0 radical (unpaired) electrons. The molecule has 1 aromatic heterocycles. The zero-order valence-electron chi connectivity index (χ0n) is 14.0. The minimum atomic E-state index is -0.0968. The highest BCUT2D eigenvalue weighted by molar-refractivity contribution is 5.93. The molecule has 0 aliphatic carbocycles. The Morgan fingerprint density at radius 3 is 2.84 bits per heavy atom. The monoisotopic (exact) mass is 336 g/mol. The number of hydrogen-bond acceptors (Lipinski definition) is 4. The Labute approximate surface area is 146 Å². The smallest absolute Gasteiger partial charge is 0.228 e. The van der Waals surface area contributed by atoms with Crippen LogP contribution in [0.3, 0.4) is 0 Å². The first kappa shape index (κ1) is 16.9. The molecule has 0 saturated heterocycles. The van der Waals surface area contributed by atoms with E-state index in [0.29, 0.717) is 11.4 Å².